The second-order valence-electron chi connectivity index (χ2n) is 6.87. The molecule has 3 aliphatic heterocycles. The Balaban J connectivity index is 1.40. The number of fused-ring (bicyclic) bond motifs is 1. The van der Waals surface area contributed by atoms with Gasteiger partial charge in [0.15, 0.2) is 0 Å². The maximum atomic E-state index is 11.4. The number of allylic oxidation sites excluding steroid dienone is 2. The third-order valence-corrected chi connectivity index (χ3v) is 6.58. The van der Waals surface area contributed by atoms with Crippen LogP contribution < -0.4 is 5.84 Å². The molecule has 0 aromatic rings. The van der Waals surface area contributed by atoms with Crippen LogP contribution in [0.25, 0.3) is 0 Å². The fraction of sp³-hybridized carbons (Fsp3) is 0.562. The van der Waals surface area contributed by atoms with Crippen LogP contribution in [0.3, 0.4) is 0 Å². The Labute approximate surface area is 155 Å². The molecule has 2 fully saturated rings. The molecule has 0 aromatic carbocycles. The first-order valence-electron chi connectivity index (χ1n) is 8.36. The normalized spacial score (nSPS) is 35.8. The molecule has 0 bridgehead atoms. The monoisotopic (exact) mass is 441 g/mol. The van der Waals surface area contributed by atoms with Gasteiger partial charge in [0.25, 0.3) is 3.84 Å². The number of nitrogens with zero attached hydrogens (tertiary/aromatic N) is 5. The minimum atomic E-state index is 0.165. The quantitative estimate of drug-likeness (QED) is 0.303. The first-order chi connectivity index (χ1) is 11.5. The van der Waals surface area contributed by atoms with E-state index in [0.717, 1.165) is 54.3 Å². The van der Waals surface area contributed by atoms with Crippen LogP contribution >= 0.6 is 22.6 Å². The number of quaternary nitrogens is 1. The average Bonchev–Trinajstić information content (AvgIpc) is 2.78. The molecule has 128 valence electrons. The molecule has 24 heavy (non-hydrogen) atoms. The molecular formula is C16H22IN6O+. The van der Waals surface area contributed by atoms with Crippen LogP contribution in [-0.4, -0.2) is 62.6 Å². The van der Waals surface area contributed by atoms with Crippen molar-refractivity contribution in [2.45, 2.75) is 25.8 Å². The van der Waals surface area contributed by atoms with Gasteiger partial charge >= 0.3 is 0 Å². The zero-order valence-corrected chi connectivity index (χ0v) is 15.9. The number of hydrogen-bond acceptors (Lipinski definition) is 5. The highest BCUT2D eigenvalue weighted by Crippen LogP contribution is 2.43. The lowest BCUT2D eigenvalue weighted by molar-refractivity contribution is -0.745. The van der Waals surface area contributed by atoms with E-state index in [-0.39, 0.29) is 10.5 Å². The van der Waals surface area contributed by atoms with E-state index in [1.165, 1.54) is 0 Å². The van der Waals surface area contributed by atoms with Gasteiger partial charge in [-0.25, -0.2) is 0 Å². The SMILES string of the molecule is CC(=O)N1CCN(C2CC(C3=C4C=NC=C[N+]4(N)C(I)=N3)C2)CC1. The number of piperazine rings is 1. The summed E-state index contributed by atoms with van der Waals surface area (Å²) in [5, 5.41) is 0. The van der Waals surface area contributed by atoms with Crippen LogP contribution in [0.15, 0.2) is 33.8 Å². The first kappa shape index (κ1) is 16.4. The lowest BCUT2D eigenvalue weighted by Crippen LogP contribution is -2.55. The zero-order chi connectivity index (χ0) is 16.9. The van der Waals surface area contributed by atoms with Gasteiger partial charge in [-0.05, 0) is 12.8 Å². The molecular weight excluding hydrogens is 419 g/mol. The number of nitrogens with two attached hydrogens (primary N) is 1. The molecule has 4 rings (SSSR count). The number of rotatable bonds is 2. The summed E-state index contributed by atoms with van der Waals surface area (Å²) < 4.78 is 1.04. The maximum Gasteiger partial charge on any atom is 0.293 e. The van der Waals surface area contributed by atoms with Gasteiger partial charge in [0.2, 0.25) is 11.6 Å². The van der Waals surface area contributed by atoms with E-state index >= 15 is 0 Å². The number of amides is 1. The van der Waals surface area contributed by atoms with E-state index in [0.29, 0.717) is 12.0 Å². The predicted molar refractivity (Wildman–Crippen MR) is 101 cm³/mol. The average molecular weight is 441 g/mol. The van der Waals surface area contributed by atoms with Crippen molar-refractivity contribution in [3.8, 4) is 0 Å². The number of carbonyl (C=O) groups is 1. The van der Waals surface area contributed by atoms with Crippen molar-refractivity contribution in [3.05, 3.63) is 23.8 Å². The molecule has 1 unspecified atom stereocenters. The van der Waals surface area contributed by atoms with Crippen LogP contribution in [0, 0.1) is 5.92 Å². The Bertz CT molecular complexity index is 685. The lowest BCUT2D eigenvalue weighted by Gasteiger charge is -2.46. The van der Waals surface area contributed by atoms with E-state index in [2.05, 4.69) is 32.5 Å². The van der Waals surface area contributed by atoms with Gasteiger partial charge in [0.05, 0.1) is 35.0 Å². The molecule has 0 aromatic heterocycles. The van der Waals surface area contributed by atoms with Gasteiger partial charge in [-0.1, -0.05) is 0 Å². The van der Waals surface area contributed by atoms with Crippen molar-refractivity contribution >= 4 is 38.6 Å². The summed E-state index contributed by atoms with van der Waals surface area (Å²) in [6, 6.07) is 0.599. The Morgan fingerprint density at radius 1 is 1.33 bits per heavy atom. The molecule has 1 amide bonds. The summed E-state index contributed by atoms with van der Waals surface area (Å²) in [5.41, 5.74) is 2.11. The van der Waals surface area contributed by atoms with Gasteiger partial charge < -0.3 is 4.90 Å². The summed E-state index contributed by atoms with van der Waals surface area (Å²) in [5.74, 6) is 7.10. The minimum absolute atomic E-state index is 0.165. The molecule has 8 heteroatoms. The molecule has 1 saturated carbocycles. The highest BCUT2D eigenvalue weighted by Gasteiger charge is 2.47. The number of halogens is 1. The third kappa shape index (κ3) is 2.56. The Morgan fingerprint density at radius 3 is 2.71 bits per heavy atom. The van der Waals surface area contributed by atoms with Crippen molar-refractivity contribution in [2.75, 3.05) is 26.2 Å². The lowest BCUT2D eigenvalue weighted by atomic mass is 9.76. The summed E-state index contributed by atoms with van der Waals surface area (Å²) in [6.07, 6.45) is 7.70. The van der Waals surface area contributed by atoms with Crippen molar-refractivity contribution in [1.82, 2.24) is 9.80 Å². The number of amidine groups is 1. The Hall–Kier alpha value is -1.10. The van der Waals surface area contributed by atoms with Crippen LogP contribution in [0.1, 0.15) is 19.8 Å². The van der Waals surface area contributed by atoms with Gasteiger partial charge in [-0.2, -0.15) is 10.8 Å². The van der Waals surface area contributed by atoms with E-state index in [1.807, 2.05) is 17.3 Å². The number of hydrogen-bond donors (Lipinski definition) is 1. The second kappa shape index (κ2) is 6.01. The van der Waals surface area contributed by atoms with Gasteiger partial charge in [-0.3, -0.25) is 14.7 Å². The largest absolute Gasteiger partial charge is 0.340 e. The molecule has 4 aliphatic rings. The van der Waals surface area contributed by atoms with Gasteiger partial charge in [0, 0.05) is 45.1 Å². The standard InChI is InChI=1S/C16H22IN6O/c1-11(24)21-3-5-22(6-4-21)13-8-12(9-13)15-14-10-19-2-7-23(14,18)16(17)20-15/h2,7,10,12-13H,3-6,8-9,18H2,1H3/q+1. The Kier molecular flexibility index (Phi) is 4.10. The van der Waals surface area contributed by atoms with Crippen molar-refractivity contribution < 1.29 is 9.39 Å². The summed E-state index contributed by atoms with van der Waals surface area (Å²) in [6.45, 7) is 5.30. The smallest absolute Gasteiger partial charge is 0.293 e. The zero-order valence-electron chi connectivity index (χ0n) is 13.7. The molecule has 0 spiro atoms. The minimum Gasteiger partial charge on any atom is -0.340 e. The highest BCUT2D eigenvalue weighted by molar-refractivity contribution is 14.1. The molecule has 1 saturated heterocycles. The van der Waals surface area contributed by atoms with Crippen molar-refractivity contribution in [1.29, 1.82) is 0 Å². The summed E-state index contributed by atoms with van der Waals surface area (Å²) in [4.78, 5) is 24.9. The van der Waals surface area contributed by atoms with Crippen molar-refractivity contribution in [3.63, 3.8) is 0 Å². The topological polar surface area (TPSA) is 74.3 Å². The molecule has 7 nitrogen and oxygen atoms in total. The molecule has 1 aliphatic carbocycles. The van der Waals surface area contributed by atoms with E-state index in [4.69, 9.17) is 10.8 Å². The predicted octanol–water partition coefficient (Wildman–Crippen LogP) is 1.19. The van der Waals surface area contributed by atoms with Crippen LogP contribution in [-0.2, 0) is 4.79 Å². The summed E-state index contributed by atoms with van der Waals surface area (Å²) in [7, 11) is 0. The number of aliphatic imine (C=N–C) groups is 2. The molecule has 0 radical (unpaired) electrons. The fourth-order valence-electron chi connectivity index (χ4n) is 3.90. The molecule has 3 heterocycles. The molecule has 2 N–H and O–H groups in total. The number of carbonyl (C=O) groups excluding carboxylic acids is 1. The third-order valence-electron chi connectivity index (χ3n) is 5.54. The second-order valence-corrected chi connectivity index (χ2v) is 7.83. The van der Waals surface area contributed by atoms with E-state index < -0.39 is 0 Å². The fourth-order valence-corrected chi connectivity index (χ4v) is 4.58. The first-order valence-corrected chi connectivity index (χ1v) is 9.44. The van der Waals surface area contributed by atoms with Gasteiger partial charge in [0.1, 0.15) is 11.9 Å². The van der Waals surface area contributed by atoms with Crippen LogP contribution in [0.4, 0.5) is 0 Å². The van der Waals surface area contributed by atoms with Gasteiger partial charge in [-0.15, -0.1) is 4.59 Å². The van der Waals surface area contributed by atoms with Crippen LogP contribution in [0.2, 0.25) is 0 Å². The van der Waals surface area contributed by atoms with E-state index in [9.17, 15) is 4.79 Å². The van der Waals surface area contributed by atoms with E-state index in [1.54, 1.807) is 13.1 Å². The van der Waals surface area contributed by atoms with Crippen LogP contribution in [0.5, 0.6) is 0 Å². The maximum absolute atomic E-state index is 11.4. The Morgan fingerprint density at radius 2 is 2.04 bits per heavy atom. The molecule has 1 atom stereocenters. The summed E-state index contributed by atoms with van der Waals surface area (Å²) >= 11 is 2.22. The van der Waals surface area contributed by atoms with Crippen molar-refractivity contribution in [2.24, 2.45) is 21.7 Å². The highest BCUT2D eigenvalue weighted by atomic mass is 127.